The minimum Gasteiger partial charge on any atom is -0.452 e. The van der Waals surface area contributed by atoms with Gasteiger partial charge in [-0.15, -0.1) is 0 Å². The second-order valence-corrected chi connectivity index (χ2v) is 5.49. The number of hydrogen-bond donors (Lipinski definition) is 0. The van der Waals surface area contributed by atoms with E-state index < -0.39 is 6.29 Å². The summed E-state index contributed by atoms with van der Waals surface area (Å²) in [5.41, 5.74) is 3.45. The molecule has 0 radical (unpaired) electrons. The topological polar surface area (TPSA) is 44.8 Å². The zero-order valence-corrected chi connectivity index (χ0v) is 12.1. The number of benzene rings is 1. The molecular formula is C16H18O4. The van der Waals surface area contributed by atoms with Gasteiger partial charge in [0.15, 0.2) is 12.0 Å². The summed E-state index contributed by atoms with van der Waals surface area (Å²) in [6, 6.07) is 3.82. The number of Topliss-reactive ketones (excluding diaryl/α,β-unsaturated/α-hetero) is 1. The molecule has 4 nitrogen and oxygen atoms in total. The molecule has 2 aliphatic heterocycles. The van der Waals surface area contributed by atoms with Gasteiger partial charge in [-0.1, -0.05) is 6.07 Å². The van der Waals surface area contributed by atoms with Crippen molar-refractivity contribution >= 4 is 5.78 Å². The Kier molecular flexibility index (Phi) is 3.15. The van der Waals surface area contributed by atoms with Crippen LogP contribution in [0.4, 0.5) is 0 Å². The van der Waals surface area contributed by atoms with Crippen LogP contribution in [0.3, 0.4) is 0 Å². The minimum atomic E-state index is -0.479. The summed E-state index contributed by atoms with van der Waals surface area (Å²) >= 11 is 0. The molecule has 0 saturated heterocycles. The van der Waals surface area contributed by atoms with Gasteiger partial charge in [-0.05, 0) is 44.4 Å². The molecule has 0 spiro atoms. The molecule has 2 aliphatic rings. The third kappa shape index (κ3) is 1.87. The van der Waals surface area contributed by atoms with Crippen LogP contribution in [0.25, 0.3) is 0 Å². The minimum absolute atomic E-state index is 0.0590. The fraction of sp³-hybridized carbons (Fsp3) is 0.438. The molecule has 4 heteroatoms. The smallest absolute Gasteiger partial charge is 0.231 e. The first kappa shape index (κ1) is 13.3. The molecule has 2 heterocycles. The summed E-state index contributed by atoms with van der Waals surface area (Å²) in [7, 11) is 1.60. The second-order valence-electron chi connectivity index (χ2n) is 5.49. The van der Waals surface area contributed by atoms with Crippen LogP contribution >= 0.6 is 0 Å². The number of ether oxygens (including phenoxy) is 3. The van der Waals surface area contributed by atoms with Crippen LogP contribution in [-0.2, 0) is 15.9 Å². The van der Waals surface area contributed by atoms with Crippen LogP contribution in [0, 0.1) is 0 Å². The van der Waals surface area contributed by atoms with Crippen LogP contribution < -0.4 is 4.74 Å². The number of ketones is 1. The molecule has 0 aliphatic carbocycles. The zero-order chi connectivity index (χ0) is 14.4. The molecule has 0 fully saturated rings. The van der Waals surface area contributed by atoms with Crippen molar-refractivity contribution in [1.82, 2.24) is 0 Å². The SMILES string of the molecule is CO[C@H]1O[C@H](C)Cc2ccc3c(c21)OC(=C(C)C)C3=O. The van der Waals surface area contributed by atoms with Crippen LogP contribution in [-0.4, -0.2) is 19.0 Å². The fourth-order valence-corrected chi connectivity index (χ4v) is 2.78. The van der Waals surface area contributed by atoms with E-state index in [0.29, 0.717) is 17.1 Å². The van der Waals surface area contributed by atoms with Gasteiger partial charge in [-0.3, -0.25) is 4.79 Å². The Bertz CT molecular complexity index is 611. The number of methoxy groups -OCH3 is 1. The lowest BCUT2D eigenvalue weighted by Crippen LogP contribution is -2.25. The molecule has 106 valence electrons. The molecule has 0 N–H and O–H groups in total. The zero-order valence-electron chi connectivity index (χ0n) is 12.1. The van der Waals surface area contributed by atoms with E-state index in [-0.39, 0.29) is 11.9 Å². The maximum Gasteiger partial charge on any atom is 0.231 e. The largest absolute Gasteiger partial charge is 0.452 e. The Balaban J connectivity index is 2.17. The molecule has 20 heavy (non-hydrogen) atoms. The summed E-state index contributed by atoms with van der Waals surface area (Å²) in [6.45, 7) is 5.76. The van der Waals surface area contributed by atoms with E-state index in [4.69, 9.17) is 14.2 Å². The molecule has 0 amide bonds. The Morgan fingerprint density at radius 1 is 1.35 bits per heavy atom. The maximum absolute atomic E-state index is 12.3. The van der Waals surface area contributed by atoms with Gasteiger partial charge < -0.3 is 14.2 Å². The van der Waals surface area contributed by atoms with E-state index in [2.05, 4.69) is 0 Å². The van der Waals surface area contributed by atoms with Crippen molar-refractivity contribution in [3.63, 3.8) is 0 Å². The Morgan fingerprint density at radius 3 is 2.75 bits per heavy atom. The predicted molar refractivity (Wildman–Crippen MR) is 73.8 cm³/mol. The van der Waals surface area contributed by atoms with Gasteiger partial charge in [-0.25, -0.2) is 0 Å². The molecule has 2 atom stereocenters. The van der Waals surface area contributed by atoms with Gasteiger partial charge in [0.25, 0.3) is 0 Å². The van der Waals surface area contributed by atoms with Gasteiger partial charge in [0.05, 0.1) is 17.2 Å². The van der Waals surface area contributed by atoms with E-state index >= 15 is 0 Å². The summed E-state index contributed by atoms with van der Waals surface area (Å²) in [6.07, 6.45) is 0.406. The van der Waals surface area contributed by atoms with Crippen molar-refractivity contribution in [3.8, 4) is 5.75 Å². The molecule has 0 bridgehead atoms. The van der Waals surface area contributed by atoms with Crippen LogP contribution in [0.15, 0.2) is 23.5 Å². The third-order valence-electron chi connectivity index (χ3n) is 3.71. The van der Waals surface area contributed by atoms with E-state index in [1.54, 1.807) is 7.11 Å². The summed E-state index contributed by atoms with van der Waals surface area (Å²) in [5.74, 6) is 0.959. The van der Waals surface area contributed by atoms with Crippen molar-refractivity contribution < 1.29 is 19.0 Å². The highest BCUT2D eigenvalue weighted by Gasteiger charge is 2.37. The highest BCUT2D eigenvalue weighted by atomic mass is 16.7. The standard InChI is InChI=1S/C16H18O4/c1-8(2)14-13(17)11-6-5-10-7-9(3)19-16(18-4)12(10)15(11)20-14/h5-6,9,16H,7H2,1-4H3/t9-,16+/m1/s1. The number of rotatable bonds is 1. The number of carbonyl (C=O) groups is 1. The van der Waals surface area contributed by atoms with E-state index in [1.807, 2.05) is 32.9 Å². The van der Waals surface area contributed by atoms with Gasteiger partial charge in [0, 0.05) is 7.11 Å². The molecular weight excluding hydrogens is 256 g/mol. The fourth-order valence-electron chi connectivity index (χ4n) is 2.78. The van der Waals surface area contributed by atoms with Crippen LogP contribution in [0.2, 0.25) is 0 Å². The van der Waals surface area contributed by atoms with E-state index in [0.717, 1.165) is 23.1 Å². The first-order valence-electron chi connectivity index (χ1n) is 6.77. The predicted octanol–water partition coefficient (Wildman–Crippen LogP) is 3.16. The van der Waals surface area contributed by atoms with Crippen molar-refractivity contribution in [2.45, 2.75) is 39.6 Å². The number of allylic oxidation sites excluding steroid dienone is 2. The molecule has 0 unspecified atom stereocenters. The number of fused-ring (bicyclic) bond motifs is 3. The van der Waals surface area contributed by atoms with E-state index in [9.17, 15) is 4.79 Å². The van der Waals surface area contributed by atoms with Gasteiger partial charge in [0.2, 0.25) is 5.78 Å². The summed E-state index contributed by atoms with van der Waals surface area (Å²) in [5, 5.41) is 0. The normalized spacial score (nSPS) is 24.2. The van der Waals surface area contributed by atoms with Crippen molar-refractivity contribution in [1.29, 1.82) is 0 Å². The first-order valence-corrected chi connectivity index (χ1v) is 6.77. The molecule has 0 saturated carbocycles. The van der Waals surface area contributed by atoms with E-state index in [1.165, 1.54) is 0 Å². The molecule has 3 rings (SSSR count). The Hall–Kier alpha value is -1.65. The highest BCUT2D eigenvalue weighted by molar-refractivity contribution is 6.13. The molecule has 1 aromatic carbocycles. The average Bonchev–Trinajstić information content (AvgIpc) is 2.75. The highest BCUT2D eigenvalue weighted by Crippen LogP contribution is 2.44. The first-order chi connectivity index (χ1) is 9.52. The molecule has 1 aromatic rings. The summed E-state index contributed by atoms with van der Waals surface area (Å²) in [4.78, 5) is 12.3. The number of carbonyl (C=O) groups excluding carboxylic acids is 1. The average molecular weight is 274 g/mol. The van der Waals surface area contributed by atoms with Crippen molar-refractivity contribution in [3.05, 3.63) is 40.2 Å². The Labute approximate surface area is 118 Å². The second kappa shape index (κ2) is 4.72. The van der Waals surface area contributed by atoms with Crippen LogP contribution in [0.1, 0.15) is 48.5 Å². The van der Waals surface area contributed by atoms with Crippen molar-refractivity contribution in [2.24, 2.45) is 0 Å². The van der Waals surface area contributed by atoms with Crippen molar-refractivity contribution in [2.75, 3.05) is 7.11 Å². The quantitative estimate of drug-likeness (QED) is 0.738. The lowest BCUT2D eigenvalue weighted by atomic mass is 9.94. The maximum atomic E-state index is 12.3. The van der Waals surface area contributed by atoms with Gasteiger partial charge >= 0.3 is 0 Å². The van der Waals surface area contributed by atoms with Gasteiger partial charge in [0.1, 0.15) is 5.75 Å². The molecule has 0 aromatic heterocycles. The third-order valence-corrected chi connectivity index (χ3v) is 3.71. The van der Waals surface area contributed by atoms with Gasteiger partial charge in [-0.2, -0.15) is 0 Å². The lowest BCUT2D eigenvalue weighted by molar-refractivity contribution is -0.163. The van der Waals surface area contributed by atoms with Crippen LogP contribution in [0.5, 0.6) is 5.75 Å². The number of hydrogen-bond acceptors (Lipinski definition) is 4. The Morgan fingerprint density at radius 2 is 2.10 bits per heavy atom. The lowest BCUT2D eigenvalue weighted by Gasteiger charge is -2.30. The monoisotopic (exact) mass is 274 g/mol. The summed E-state index contributed by atoms with van der Waals surface area (Å²) < 4.78 is 17.0.